The maximum absolute atomic E-state index is 5.97. The Morgan fingerprint density at radius 2 is 2.24 bits per heavy atom. The highest BCUT2D eigenvalue weighted by Gasteiger charge is 2.09. The third-order valence-electron chi connectivity index (χ3n) is 2.70. The third kappa shape index (κ3) is 2.61. The van der Waals surface area contributed by atoms with Crippen molar-refractivity contribution >= 4 is 27.3 Å². The molecule has 2 aromatic rings. The van der Waals surface area contributed by atoms with Crippen molar-refractivity contribution in [3.05, 3.63) is 40.9 Å². The standard InChI is InChI=1S/C12H15BrN4/c1-16-6-5-15-12(16)8-17(2)11-7-9(13)3-4-10(11)14/h3-7H,8,14H2,1-2H3. The molecule has 0 radical (unpaired) electrons. The van der Waals surface area contributed by atoms with Gasteiger partial charge in [-0.15, -0.1) is 0 Å². The quantitative estimate of drug-likeness (QED) is 0.885. The molecule has 0 atom stereocenters. The van der Waals surface area contributed by atoms with E-state index in [1.54, 1.807) is 6.20 Å². The van der Waals surface area contributed by atoms with E-state index in [2.05, 4.69) is 25.8 Å². The number of anilines is 2. The Morgan fingerprint density at radius 1 is 1.47 bits per heavy atom. The van der Waals surface area contributed by atoms with E-state index < -0.39 is 0 Å². The van der Waals surface area contributed by atoms with Gasteiger partial charge >= 0.3 is 0 Å². The van der Waals surface area contributed by atoms with Crippen LogP contribution in [0.3, 0.4) is 0 Å². The van der Waals surface area contributed by atoms with Crippen molar-refractivity contribution in [3.63, 3.8) is 0 Å². The highest BCUT2D eigenvalue weighted by atomic mass is 79.9. The summed E-state index contributed by atoms with van der Waals surface area (Å²) >= 11 is 3.45. The number of nitrogen functional groups attached to an aromatic ring is 1. The van der Waals surface area contributed by atoms with Crippen molar-refractivity contribution < 1.29 is 0 Å². The van der Waals surface area contributed by atoms with Gasteiger partial charge in [-0.2, -0.15) is 0 Å². The molecule has 0 aliphatic heterocycles. The summed E-state index contributed by atoms with van der Waals surface area (Å²) < 4.78 is 3.03. The number of nitrogens with zero attached hydrogens (tertiary/aromatic N) is 3. The molecule has 0 amide bonds. The van der Waals surface area contributed by atoms with Gasteiger partial charge in [0, 0.05) is 31.0 Å². The molecule has 0 saturated carbocycles. The molecule has 0 saturated heterocycles. The zero-order valence-corrected chi connectivity index (χ0v) is 11.5. The lowest BCUT2D eigenvalue weighted by atomic mass is 10.2. The van der Waals surface area contributed by atoms with Gasteiger partial charge in [-0.05, 0) is 18.2 Å². The number of rotatable bonds is 3. The van der Waals surface area contributed by atoms with E-state index in [-0.39, 0.29) is 0 Å². The van der Waals surface area contributed by atoms with Gasteiger partial charge in [0.2, 0.25) is 0 Å². The first kappa shape index (κ1) is 12.0. The Hall–Kier alpha value is -1.49. The highest BCUT2D eigenvalue weighted by molar-refractivity contribution is 9.10. The summed E-state index contributed by atoms with van der Waals surface area (Å²) in [5, 5.41) is 0. The summed E-state index contributed by atoms with van der Waals surface area (Å²) in [5.74, 6) is 1.01. The van der Waals surface area contributed by atoms with Crippen molar-refractivity contribution in [3.8, 4) is 0 Å². The van der Waals surface area contributed by atoms with Crippen LogP contribution in [0, 0.1) is 0 Å². The van der Waals surface area contributed by atoms with E-state index in [0.29, 0.717) is 0 Å². The van der Waals surface area contributed by atoms with Crippen LogP contribution in [0.15, 0.2) is 35.1 Å². The molecule has 17 heavy (non-hydrogen) atoms. The van der Waals surface area contributed by atoms with Crippen LogP contribution in [-0.4, -0.2) is 16.6 Å². The fourth-order valence-electron chi connectivity index (χ4n) is 1.69. The molecule has 0 aliphatic rings. The number of nitrogens with two attached hydrogens (primary N) is 1. The maximum Gasteiger partial charge on any atom is 0.127 e. The molecule has 0 fully saturated rings. The second-order valence-electron chi connectivity index (χ2n) is 4.01. The van der Waals surface area contributed by atoms with Crippen molar-refractivity contribution in [1.82, 2.24) is 9.55 Å². The molecule has 0 aliphatic carbocycles. The summed E-state index contributed by atoms with van der Waals surface area (Å²) in [7, 11) is 3.99. The Labute approximate surface area is 109 Å². The first-order valence-corrected chi connectivity index (χ1v) is 6.09. The van der Waals surface area contributed by atoms with Crippen LogP contribution in [0.2, 0.25) is 0 Å². The van der Waals surface area contributed by atoms with Gasteiger partial charge in [-0.1, -0.05) is 15.9 Å². The number of benzene rings is 1. The van der Waals surface area contributed by atoms with Gasteiger partial charge in [-0.3, -0.25) is 0 Å². The lowest BCUT2D eigenvalue weighted by Crippen LogP contribution is -2.20. The first-order chi connectivity index (χ1) is 8.08. The Bertz CT molecular complexity index is 521. The van der Waals surface area contributed by atoms with Gasteiger partial charge in [0.15, 0.2) is 0 Å². The zero-order valence-electron chi connectivity index (χ0n) is 9.89. The van der Waals surface area contributed by atoms with Gasteiger partial charge < -0.3 is 15.2 Å². The Balaban J connectivity index is 2.23. The van der Waals surface area contributed by atoms with Gasteiger partial charge in [0.05, 0.1) is 17.9 Å². The highest BCUT2D eigenvalue weighted by Crippen LogP contribution is 2.27. The molecule has 1 aromatic carbocycles. The molecule has 1 aromatic heterocycles. The smallest absolute Gasteiger partial charge is 0.127 e. The Morgan fingerprint density at radius 3 is 2.88 bits per heavy atom. The fourth-order valence-corrected chi connectivity index (χ4v) is 2.04. The normalized spacial score (nSPS) is 10.5. The van der Waals surface area contributed by atoms with Gasteiger partial charge in [0.25, 0.3) is 0 Å². The van der Waals surface area contributed by atoms with E-state index in [1.807, 2.05) is 43.1 Å². The van der Waals surface area contributed by atoms with Crippen LogP contribution in [0.25, 0.3) is 0 Å². The lowest BCUT2D eigenvalue weighted by Gasteiger charge is -2.21. The monoisotopic (exact) mass is 294 g/mol. The van der Waals surface area contributed by atoms with Crippen molar-refractivity contribution in [2.45, 2.75) is 6.54 Å². The van der Waals surface area contributed by atoms with Crippen molar-refractivity contribution in [1.29, 1.82) is 0 Å². The van der Waals surface area contributed by atoms with Crippen LogP contribution in [0.4, 0.5) is 11.4 Å². The van der Waals surface area contributed by atoms with E-state index in [1.165, 1.54) is 0 Å². The second kappa shape index (κ2) is 4.79. The minimum absolute atomic E-state index is 0.726. The molecule has 0 bridgehead atoms. The Kier molecular flexibility index (Phi) is 3.38. The van der Waals surface area contributed by atoms with Crippen LogP contribution >= 0.6 is 15.9 Å². The van der Waals surface area contributed by atoms with E-state index >= 15 is 0 Å². The zero-order chi connectivity index (χ0) is 12.4. The predicted octanol–water partition coefficient (Wildman–Crippen LogP) is 2.40. The number of aryl methyl sites for hydroxylation is 1. The predicted molar refractivity (Wildman–Crippen MR) is 73.9 cm³/mol. The molecule has 2 rings (SSSR count). The maximum atomic E-state index is 5.97. The van der Waals surface area contributed by atoms with Gasteiger partial charge in [-0.25, -0.2) is 4.98 Å². The summed E-state index contributed by atoms with van der Waals surface area (Å²) in [6.07, 6.45) is 3.74. The minimum Gasteiger partial charge on any atom is -0.397 e. The molecular weight excluding hydrogens is 280 g/mol. The molecule has 2 N–H and O–H groups in total. The minimum atomic E-state index is 0.726. The average Bonchev–Trinajstić information content (AvgIpc) is 2.68. The van der Waals surface area contributed by atoms with Crippen molar-refractivity contribution in [2.75, 3.05) is 17.7 Å². The van der Waals surface area contributed by atoms with Crippen LogP contribution in [0.5, 0.6) is 0 Å². The molecule has 4 nitrogen and oxygen atoms in total. The molecule has 1 heterocycles. The number of hydrogen-bond acceptors (Lipinski definition) is 3. The topological polar surface area (TPSA) is 47.1 Å². The van der Waals surface area contributed by atoms with Crippen LogP contribution in [-0.2, 0) is 13.6 Å². The van der Waals surface area contributed by atoms with Crippen molar-refractivity contribution in [2.24, 2.45) is 7.05 Å². The molecular formula is C12H15BrN4. The van der Waals surface area contributed by atoms with E-state index in [4.69, 9.17) is 5.73 Å². The van der Waals surface area contributed by atoms with Crippen LogP contribution in [0.1, 0.15) is 5.82 Å². The number of imidazole rings is 1. The van der Waals surface area contributed by atoms with E-state index in [9.17, 15) is 0 Å². The number of hydrogen-bond donors (Lipinski definition) is 1. The van der Waals surface area contributed by atoms with Gasteiger partial charge in [0.1, 0.15) is 5.82 Å². The fraction of sp³-hybridized carbons (Fsp3) is 0.250. The first-order valence-electron chi connectivity index (χ1n) is 5.30. The average molecular weight is 295 g/mol. The number of aromatic nitrogens is 2. The molecule has 0 unspecified atom stereocenters. The number of halogens is 1. The summed E-state index contributed by atoms with van der Waals surface area (Å²) in [5.41, 5.74) is 7.74. The molecule has 0 spiro atoms. The molecule has 90 valence electrons. The second-order valence-corrected chi connectivity index (χ2v) is 4.93. The SMILES string of the molecule is CN(Cc1nccn1C)c1cc(Br)ccc1N. The van der Waals surface area contributed by atoms with Crippen LogP contribution < -0.4 is 10.6 Å². The molecule has 5 heteroatoms. The third-order valence-corrected chi connectivity index (χ3v) is 3.20. The summed E-state index contributed by atoms with van der Waals surface area (Å²) in [6.45, 7) is 0.726. The largest absolute Gasteiger partial charge is 0.397 e. The summed E-state index contributed by atoms with van der Waals surface area (Å²) in [4.78, 5) is 6.39. The lowest BCUT2D eigenvalue weighted by molar-refractivity contribution is 0.762. The van der Waals surface area contributed by atoms with E-state index in [0.717, 1.165) is 28.2 Å². The summed E-state index contributed by atoms with van der Waals surface area (Å²) in [6, 6.07) is 5.85.